The summed E-state index contributed by atoms with van der Waals surface area (Å²) in [6, 6.07) is 4.84. The van der Waals surface area contributed by atoms with E-state index in [1.54, 1.807) is 20.0 Å². The van der Waals surface area contributed by atoms with Crippen LogP contribution in [-0.4, -0.2) is 49.9 Å². The molecule has 122 valence electrons. The van der Waals surface area contributed by atoms with Gasteiger partial charge >= 0.3 is 0 Å². The lowest BCUT2D eigenvalue weighted by molar-refractivity contribution is -0.132. The van der Waals surface area contributed by atoms with Gasteiger partial charge in [-0.15, -0.1) is 0 Å². The number of rotatable bonds is 4. The van der Waals surface area contributed by atoms with Crippen LogP contribution in [-0.2, 0) is 14.6 Å². The quantitative estimate of drug-likeness (QED) is 0.908. The number of sulfone groups is 1. The molecule has 5 nitrogen and oxygen atoms in total. The molecule has 1 N–H and O–H groups in total. The first-order valence-corrected chi connectivity index (χ1v) is 9.39. The Morgan fingerprint density at radius 3 is 2.68 bits per heavy atom. The van der Waals surface area contributed by atoms with Crippen molar-refractivity contribution in [3.05, 3.63) is 28.8 Å². The van der Waals surface area contributed by atoms with E-state index in [-0.39, 0.29) is 23.5 Å². The molecule has 1 amide bonds. The van der Waals surface area contributed by atoms with Gasteiger partial charge in [-0.2, -0.15) is 0 Å². The molecular weight excluding hydrogens is 324 g/mol. The van der Waals surface area contributed by atoms with Crippen molar-refractivity contribution in [2.45, 2.75) is 32.4 Å². The van der Waals surface area contributed by atoms with Crippen LogP contribution >= 0.6 is 11.6 Å². The van der Waals surface area contributed by atoms with Gasteiger partial charge in [-0.05, 0) is 38.0 Å². The number of carbonyl (C=O) groups is 1. The van der Waals surface area contributed by atoms with E-state index in [4.69, 9.17) is 11.6 Å². The lowest BCUT2D eigenvalue weighted by Crippen LogP contribution is -2.45. The third-order valence-electron chi connectivity index (χ3n) is 4.03. The second kappa shape index (κ2) is 6.46. The number of benzene rings is 1. The largest absolute Gasteiger partial charge is 0.374 e. The van der Waals surface area contributed by atoms with E-state index in [0.717, 1.165) is 11.3 Å². The first-order chi connectivity index (χ1) is 10.2. The van der Waals surface area contributed by atoms with Crippen LogP contribution in [0.1, 0.15) is 18.9 Å². The summed E-state index contributed by atoms with van der Waals surface area (Å²) in [7, 11) is -1.34. The van der Waals surface area contributed by atoms with E-state index in [2.05, 4.69) is 5.32 Å². The minimum Gasteiger partial charge on any atom is -0.374 e. The molecule has 0 aliphatic carbocycles. The monoisotopic (exact) mass is 344 g/mol. The molecule has 1 aliphatic heterocycles. The fourth-order valence-corrected chi connectivity index (χ4v) is 4.52. The number of anilines is 1. The van der Waals surface area contributed by atoms with Gasteiger partial charge in [0.2, 0.25) is 5.91 Å². The zero-order valence-electron chi connectivity index (χ0n) is 13.0. The van der Waals surface area contributed by atoms with Crippen LogP contribution in [0.25, 0.3) is 0 Å². The number of halogens is 1. The second-order valence-corrected chi connectivity index (χ2v) is 8.47. The molecule has 2 unspecified atom stereocenters. The molecular formula is C15H21ClN2O3S. The van der Waals surface area contributed by atoms with E-state index in [1.165, 1.54) is 4.90 Å². The van der Waals surface area contributed by atoms with E-state index >= 15 is 0 Å². The topological polar surface area (TPSA) is 66.5 Å². The zero-order valence-corrected chi connectivity index (χ0v) is 14.5. The van der Waals surface area contributed by atoms with Crippen LogP contribution in [0.3, 0.4) is 0 Å². The summed E-state index contributed by atoms with van der Waals surface area (Å²) in [5, 5.41) is 3.75. The molecule has 0 radical (unpaired) electrons. The van der Waals surface area contributed by atoms with E-state index < -0.39 is 15.9 Å². The molecule has 2 atom stereocenters. The predicted molar refractivity (Wildman–Crippen MR) is 89.1 cm³/mol. The molecule has 1 aliphatic rings. The first kappa shape index (κ1) is 17.1. The Bertz CT molecular complexity index is 675. The molecule has 7 heteroatoms. The molecule has 0 spiro atoms. The SMILES string of the molecule is Cc1ccc(NC(C)C(=O)N(C)C2CCS(=O)(=O)C2)cc1Cl. The van der Waals surface area contributed by atoms with Gasteiger partial charge in [0.15, 0.2) is 9.84 Å². The number of nitrogens with one attached hydrogen (secondary N) is 1. The molecule has 1 aromatic rings. The molecule has 0 bridgehead atoms. The maximum Gasteiger partial charge on any atom is 0.244 e. The van der Waals surface area contributed by atoms with E-state index in [9.17, 15) is 13.2 Å². The van der Waals surface area contributed by atoms with Gasteiger partial charge in [-0.3, -0.25) is 4.79 Å². The van der Waals surface area contributed by atoms with Crippen molar-refractivity contribution < 1.29 is 13.2 Å². The smallest absolute Gasteiger partial charge is 0.244 e. The highest BCUT2D eigenvalue weighted by Gasteiger charge is 2.34. The highest BCUT2D eigenvalue weighted by molar-refractivity contribution is 7.91. The van der Waals surface area contributed by atoms with E-state index in [0.29, 0.717) is 11.4 Å². The van der Waals surface area contributed by atoms with Crippen molar-refractivity contribution in [3.63, 3.8) is 0 Å². The van der Waals surface area contributed by atoms with Crippen LogP contribution in [0.2, 0.25) is 5.02 Å². The van der Waals surface area contributed by atoms with Gasteiger partial charge < -0.3 is 10.2 Å². The molecule has 2 rings (SSSR count). The Balaban J connectivity index is 2.01. The number of nitrogens with zero attached hydrogens (tertiary/aromatic N) is 1. The molecule has 1 fully saturated rings. The second-order valence-electron chi connectivity index (χ2n) is 5.84. The Labute approximate surface area is 136 Å². The summed E-state index contributed by atoms with van der Waals surface area (Å²) >= 11 is 6.07. The Morgan fingerprint density at radius 2 is 2.14 bits per heavy atom. The van der Waals surface area contributed by atoms with Crippen LogP contribution in [0.4, 0.5) is 5.69 Å². The van der Waals surface area contributed by atoms with Gasteiger partial charge in [0.1, 0.15) is 6.04 Å². The number of carbonyl (C=O) groups excluding carboxylic acids is 1. The highest BCUT2D eigenvalue weighted by Crippen LogP contribution is 2.22. The Morgan fingerprint density at radius 1 is 1.45 bits per heavy atom. The fraction of sp³-hybridized carbons (Fsp3) is 0.533. The predicted octanol–water partition coefficient (Wildman–Crippen LogP) is 2.09. The molecule has 1 saturated heterocycles. The van der Waals surface area contributed by atoms with Crippen LogP contribution in [0.15, 0.2) is 18.2 Å². The van der Waals surface area contributed by atoms with Gasteiger partial charge in [-0.25, -0.2) is 8.42 Å². The summed E-state index contributed by atoms with van der Waals surface area (Å²) in [4.78, 5) is 14.0. The first-order valence-electron chi connectivity index (χ1n) is 7.19. The lowest BCUT2D eigenvalue weighted by atomic mass is 10.1. The maximum absolute atomic E-state index is 12.4. The molecule has 0 aromatic heterocycles. The highest BCUT2D eigenvalue weighted by atomic mass is 35.5. The summed E-state index contributed by atoms with van der Waals surface area (Å²) in [5.41, 5.74) is 1.74. The summed E-state index contributed by atoms with van der Waals surface area (Å²) < 4.78 is 23.1. The van der Waals surface area contributed by atoms with Gasteiger partial charge in [0.25, 0.3) is 0 Å². The normalized spacial score (nSPS) is 21.4. The molecule has 1 heterocycles. The third kappa shape index (κ3) is 3.93. The standard InChI is InChI=1S/C15H21ClN2O3S/c1-10-4-5-12(8-14(10)16)17-11(2)15(19)18(3)13-6-7-22(20,21)9-13/h4-5,8,11,13,17H,6-7,9H2,1-3H3. The summed E-state index contributed by atoms with van der Waals surface area (Å²) in [6.07, 6.45) is 0.508. The zero-order chi connectivity index (χ0) is 16.5. The summed E-state index contributed by atoms with van der Waals surface area (Å²) in [6.45, 7) is 3.67. The van der Waals surface area contributed by atoms with Crippen molar-refractivity contribution in [2.24, 2.45) is 0 Å². The average Bonchev–Trinajstić information content (AvgIpc) is 2.81. The fourth-order valence-electron chi connectivity index (χ4n) is 2.56. The number of amides is 1. The van der Waals surface area contributed by atoms with E-state index in [1.807, 2.05) is 19.1 Å². The Kier molecular flexibility index (Phi) is 5.02. The molecule has 22 heavy (non-hydrogen) atoms. The minimum atomic E-state index is -3.00. The number of aryl methyl sites for hydroxylation is 1. The number of hydrogen-bond donors (Lipinski definition) is 1. The number of likely N-dealkylation sites (N-methyl/N-ethyl adjacent to an activating group) is 1. The minimum absolute atomic E-state index is 0.0539. The molecule has 0 saturated carbocycles. The third-order valence-corrected chi connectivity index (χ3v) is 6.19. The van der Waals surface area contributed by atoms with Gasteiger partial charge in [0, 0.05) is 23.8 Å². The van der Waals surface area contributed by atoms with Gasteiger partial charge in [0.05, 0.1) is 11.5 Å². The van der Waals surface area contributed by atoms with Crippen molar-refractivity contribution in [3.8, 4) is 0 Å². The molecule has 1 aromatic carbocycles. The maximum atomic E-state index is 12.4. The van der Waals surface area contributed by atoms with Crippen molar-refractivity contribution >= 4 is 33.0 Å². The van der Waals surface area contributed by atoms with Crippen LogP contribution in [0, 0.1) is 6.92 Å². The summed E-state index contributed by atoms with van der Waals surface area (Å²) in [5.74, 6) is 0.0852. The van der Waals surface area contributed by atoms with Crippen LogP contribution < -0.4 is 5.32 Å². The van der Waals surface area contributed by atoms with Crippen molar-refractivity contribution in [1.82, 2.24) is 4.90 Å². The number of hydrogen-bond acceptors (Lipinski definition) is 4. The average molecular weight is 345 g/mol. The van der Waals surface area contributed by atoms with Crippen LogP contribution in [0.5, 0.6) is 0 Å². The van der Waals surface area contributed by atoms with Crippen molar-refractivity contribution in [2.75, 3.05) is 23.9 Å². The lowest BCUT2D eigenvalue weighted by Gasteiger charge is -2.27. The Hall–Kier alpha value is -1.27. The van der Waals surface area contributed by atoms with Gasteiger partial charge in [-0.1, -0.05) is 17.7 Å². The van der Waals surface area contributed by atoms with Crippen molar-refractivity contribution in [1.29, 1.82) is 0 Å².